The van der Waals surface area contributed by atoms with E-state index in [1.54, 1.807) is 5.19 Å². The molecule has 348 valence electrons. The molecule has 0 radical (unpaired) electrons. The van der Waals surface area contributed by atoms with E-state index < -0.39 is 24.2 Å². The van der Waals surface area contributed by atoms with Gasteiger partial charge in [0.2, 0.25) is 0 Å². The number of hydrogen-bond donors (Lipinski definition) is 0. The average Bonchev–Trinajstić information content (AvgIpc) is 4.11. The van der Waals surface area contributed by atoms with Crippen molar-refractivity contribution >= 4 is 173 Å². The second-order valence-corrected chi connectivity index (χ2v) is 36.0. The van der Waals surface area contributed by atoms with Crippen LogP contribution in [0.2, 0.25) is 39.3 Å². The fourth-order valence-electron chi connectivity index (χ4n) is 11.1. The van der Waals surface area contributed by atoms with Gasteiger partial charge in [0.1, 0.15) is 33.1 Å². The van der Waals surface area contributed by atoms with Crippen LogP contribution in [-0.4, -0.2) is 80.9 Å². The Hall–Kier alpha value is -4.57. The van der Waals surface area contributed by atoms with E-state index in [2.05, 4.69) is 208 Å². The minimum atomic E-state index is -1.75. The first kappa shape index (κ1) is 50.4. The zero-order valence-corrected chi connectivity index (χ0v) is 48.6. The van der Waals surface area contributed by atoms with Crippen LogP contribution in [0, 0.1) is 6.42 Å². The number of hydrogen-bond acceptors (Lipinski definition) is 3. The fraction of sp³-hybridized carbons (Fsp3) is 0.193. The van der Waals surface area contributed by atoms with Gasteiger partial charge in [-0.15, -0.1) is 11.6 Å². The first-order valence-electron chi connectivity index (χ1n) is 23.7. The van der Waals surface area contributed by atoms with E-state index in [4.69, 9.17) is 26.6 Å². The molecule has 6 aromatic heterocycles. The van der Waals surface area contributed by atoms with E-state index in [0.29, 0.717) is 5.50 Å². The molecule has 0 aliphatic carbocycles. The maximum absolute atomic E-state index is 6.30. The number of fused-ring (bicyclic) bond motifs is 12. The van der Waals surface area contributed by atoms with Crippen LogP contribution in [0.3, 0.4) is 0 Å². The molecule has 2 aliphatic rings. The van der Waals surface area contributed by atoms with Gasteiger partial charge in [-0.25, -0.2) is 15.0 Å². The van der Waals surface area contributed by atoms with E-state index in [1.807, 2.05) is 26.5 Å². The molecule has 0 fully saturated rings. The summed E-state index contributed by atoms with van der Waals surface area (Å²) in [5.74, 6) is 0. The zero-order valence-electron chi connectivity index (χ0n) is 41.1. The van der Waals surface area contributed by atoms with Crippen molar-refractivity contribution in [2.75, 3.05) is 5.50 Å². The van der Waals surface area contributed by atoms with Gasteiger partial charge >= 0.3 is 23.1 Å². The van der Waals surface area contributed by atoms with Gasteiger partial charge in [-0.05, 0) is 61.0 Å². The molecule has 14 rings (SSSR count). The third kappa shape index (κ3) is 7.94. The molecule has 12 aromatic rings. The third-order valence-electron chi connectivity index (χ3n) is 14.3. The van der Waals surface area contributed by atoms with Gasteiger partial charge in [-0.2, -0.15) is 13.8 Å². The van der Waals surface area contributed by atoms with Crippen LogP contribution < -0.4 is 28.2 Å². The number of rotatable bonds is 2. The van der Waals surface area contributed by atoms with Crippen LogP contribution >= 0.6 is 27.5 Å². The van der Waals surface area contributed by atoms with Gasteiger partial charge < -0.3 is 23.2 Å². The largest absolute Gasteiger partial charge is 2.00 e. The molecule has 0 N–H and O–H groups in total. The molecule has 0 atom stereocenters. The molecule has 0 unspecified atom stereocenters. The number of pyridine rings is 3. The molecule has 0 saturated carbocycles. The van der Waals surface area contributed by atoms with Crippen molar-refractivity contribution in [2.45, 2.75) is 65.2 Å². The number of imidazole rings is 3. The Labute approximate surface area is 448 Å². The van der Waals surface area contributed by atoms with Crippen molar-refractivity contribution < 1.29 is 12.4 Å². The van der Waals surface area contributed by atoms with Crippen LogP contribution in [0.4, 0.5) is 0 Å². The molecule has 6 aromatic carbocycles. The van der Waals surface area contributed by atoms with Crippen molar-refractivity contribution in [3.63, 3.8) is 0 Å². The Kier molecular flexibility index (Phi) is 13.8. The minimum absolute atomic E-state index is 0. The topological polar surface area (TPSA) is 51.9 Å². The summed E-state index contributed by atoms with van der Waals surface area (Å²) in [6.45, 7) is 18.4. The Morgan fingerprint density at radius 3 is 1.59 bits per heavy atom. The Morgan fingerprint density at radius 2 is 1.00 bits per heavy atom. The summed E-state index contributed by atoms with van der Waals surface area (Å²) in [4.78, 5) is 14.3. The summed E-state index contributed by atoms with van der Waals surface area (Å²) < 4.78 is 8.26. The van der Waals surface area contributed by atoms with E-state index >= 15 is 0 Å². The van der Waals surface area contributed by atoms with E-state index in [1.165, 1.54) is 99.0 Å². The first-order valence-corrected chi connectivity index (χ1v) is 34.6. The second kappa shape index (κ2) is 19.1. The summed E-state index contributed by atoms with van der Waals surface area (Å²) in [6, 6.07) is 48.1. The number of halogens is 3. The molecular formula is C57H55BrCl2MgN6Si3. The maximum Gasteiger partial charge on any atom is 2.00 e. The van der Waals surface area contributed by atoms with Gasteiger partial charge in [0.15, 0.2) is 0 Å². The normalized spacial score (nSPS) is 14.1. The van der Waals surface area contributed by atoms with Crippen molar-refractivity contribution in [3.8, 4) is 0 Å². The van der Waals surface area contributed by atoms with E-state index in [0.717, 1.165) is 21.4 Å². The molecule has 6 nitrogen and oxygen atoms in total. The molecule has 8 heterocycles. The van der Waals surface area contributed by atoms with Crippen LogP contribution in [0.15, 0.2) is 150 Å². The Bertz CT molecular complexity index is 3990. The van der Waals surface area contributed by atoms with Crippen molar-refractivity contribution in [1.29, 1.82) is 0 Å². The number of alkyl halides is 1. The van der Waals surface area contributed by atoms with E-state index in [-0.39, 0.29) is 35.5 Å². The zero-order chi connectivity index (χ0) is 47.3. The predicted molar refractivity (Wildman–Crippen MR) is 309 cm³/mol. The summed E-state index contributed by atoms with van der Waals surface area (Å²) in [6.07, 6.45) is 8.24. The quantitative estimate of drug-likeness (QED) is 0.0750. The van der Waals surface area contributed by atoms with Gasteiger partial charge in [0.05, 0.1) is 24.6 Å². The predicted octanol–water partition coefficient (Wildman–Crippen LogP) is 10.3. The summed E-state index contributed by atoms with van der Waals surface area (Å²) in [5.41, 5.74) is 10.8. The summed E-state index contributed by atoms with van der Waals surface area (Å²) >= 11 is 10.0. The van der Waals surface area contributed by atoms with Gasteiger partial charge in [-0.3, -0.25) is 8.80 Å². The van der Waals surface area contributed by atoms with E-state index in [9.17, 15) is 0 Å². The standard InChI is InChI=1S/C18H16BrClN2Si.2C18H16N2Si.C3H7.ClH.Mg/c1-23(2,11-20)16-10-21-18-14-7-4-3-6-12(14)13-8-5-9-15(19)17(13)22(16)18;1-21(2)11-12-6-5-9-14-13-7-3-4-8-15(13)18-19-10-16(21)20(18)17(12)14;1-21(2)11-12-10-19-18-15-7-4-3-6-13(15)14-8-5-9-16(21)17(14)20(12)18;1-3-2;;/h3-10H,11H2,1-2H3;2*3-10H,11H2,1-2H3;3H,1-2H3;1H;/q;;;-1;;+2/p-1. The monoisotopic (exact) mass is 1080 g/mol. The molecule has 0 bridgehead atoms. The van der Waals surface area contributed by atoms with Crippen LogP contribution in [0.5, 0.6) is 0 Å². The number of aromatic nitrogens is 6. The number of nitrogens with zero attached hydrogens (tertiary/aromatic N) is 6. The molecule has 0 spiro atoms. The molecule has 2 aliphatic heterocycles. The number of benzene rings is 6. The fourth-order valence-corrected chi connectivity index (χ4v) is 18.9. The van der Waals surface area contributed by atoms with Gasteiger partial charge in [-0.1, -0.05) is 161 Å². The third-order valence-corrected chi connectivity index (χ3v) is 25.4. The van der Waals surface area contributed by atoms with Crippen LogP contribution in [0.1, 0.15) is 25.1 Å². The molecule has 0 amide bonds. The Morgan fingerprint density at radius 1 is 0.543 bits per heavy atom. The average molecular weight is 1080 g/mol. The number of para-hydroxylation sites is 3. The SMILES string of the molecule is C[CH-]C.C[Si](C)(CCl)c1cnc2c3ccccc3c3cccc(Br)c3n12.C[Si]1(C)Cc2cccc3c4ccccc4c4ncc1n4c23.C[Si]1(C)Cc2cnc3c4ccccc4c4cccc1c4n23.[Cl-].[Mg+2]. The van der Waals surface area contributed by atoms with Crippen molar-refractivity contribution in [2.24, 2.45) is 0 Å². The molecule has 13 heteroatoms. The minimum Gasteiger partial charge on any atom is -1.00 e. The van der Waals surface area contributed by atoms with Crippen LogP contribution in [0.25, 0.3) is 82.0 Å². The maximum atomic E-state index is 6.30. The first-order chi connectivity index (χ1) is 32.8. The molecule has 0 saturated heterocycles. The smallest absolute Gasteiger partial charge is 1.00 e. The summed E-state index contributed by atoms with van der Waals surface area (Å²) in [7, 11) is -4.63. The summed E-state index contributed by atoms with van der Waals surface area (Å²) in [5, 5.41) is 15.9. The van der Waals surface area contributed by atoms with Crippen molar-refractivity contribution in [1.82, 2.24) is 28.2 Å². The molecular weight excluding hydrogens is 1030 g/mol. The molecule has 70 heavy (non-hydrogen) atoms. The van der Waals surface area contributed by atoms with Gasteiger partial charge in [0, 0.05) is 77.2 Å². The van der Waals surface area contributed by atoms with Crippen LogP contribution in [-0.2, 0) is 12.1 Å². The van der Waals surface area contributed by atoms with Crippen molar-refractivity contribution in [3.05, 3.63) is 168 Å². The second-order valence-electron chi connectivity index (χ2n) is 20.5. The Balaban J connectivity index is 0.000000125. The van der Waals surface area contributed by atoms with Gasteiger partial charge in [0.25, 0.3) is 0 Å².